The fourth-order valence-corrected chi connectivity index (χ4v) is 3.97. The van der Waals surface area contributed by atoms with Gasteiger partial charge in [0.15, 0.2) is 0 Å². The van der Waals surface area contributed by atoms with Crippen molar-refractivity contribution < 1.29 is 17.7 Å². The summed E-state index contributed by atoms with van der Waals surface area (Å²) in [6.45, 7) is 5.68. The van der Waals surface area contributed by atoms with Crippen LogP contribution in [0.5, 0.6) is 0 Å². The largest absolute Gasteiger partial charge is 0.375 e. The summed E-state index contributed by atoms with van der Waals surface area (Å²) in [6, 6.07) is 1.93. The molecule has 3 heterocycles. The summed E-state index contributed by atoms with van der Waals surface area (Å²) in [5.41, 5.74) is 0.906. The van der Waals surface area contributed by atoms with Crippen LogP contribution in [0.3, 0.4) is 0 Å². The van der Waals surface area contributed by atoms with Gasteiger partial charge >= 0.3 is 0 Å². The molecule has 0 N–H and O–H groups in total. The monoisotopic (exact) mass is 315 g/mol. The van der Waals surface area contributed by atoms with Crippen molar-refractivity contribution in [3.63, 3.8) is 0 Å². The summed E-state index contributed by atoms with van der Waals surface area (Å²) in [4.78, 5) is 2.25. The Bertz CT molecular complexity index is 600. The molecular formula is C13H21N3O4S. The maximum Gasteiger partial charge on any atom is 0.211 e. The molecule has 21 heavy (non-hydrogen) atoms. The van der Waals surface area contributed by atoms with Crippen LogP contribution >= 0.6 is 0 Å². The lowest BCUT2D eigenvalue weighted by Crippen LogP contribution is -2.36. The number of nitrogens with zero attached hydrogens (tertiary/aromatic N) is 3. The first kappa shape index (κ1) is 15.0. The minimum Gasteiger partial charge on any atom is -0.375 e. The van der Waals surface area contributed by atoms with Crippen molar-refractivity contribution in [2.75, 3.05) is 39.0 Å². The number of hydrogen-bond acceptors (Lipinski definition) is 6. The highest BCUT2D eigenvalue weighted by molar-refractivity contribution is 7.88. The van der Waals surface area contributed by atoms with E-state index in [9.17, 15) is 8.42 Å². The normalized spacial score (nSPS) is 28.5. The van der Waals surface area contributed by atoms with E-state index in [2.05, 4.69) is 10.1 Å². The topological polar surface area (TPSA) is 75.9 Å². The van der Waals surface area contributed by atoms with E-state index in [1.165, 1.54) is 10.6 Å². The standard InChI is InChI=1S/C13H21N3O4S/c1-10-5-12(14-20-10)8-15-6-11-7-16(21(2,17)18)3-4-19-13(11)9-15/h5,11,13H,3-4,6-9H2,1-2H3/t11-,13-/m1/s1. The Morgan fingerprint density at radius 2 is 2.19 bits per heavy atom. The van der Waals surface area contributed by atoms with Crippen LogP contribution < -0.4 is 0 Å². The molecule has 2 fully saturated rings. The van der Waals surface area contributed by atoms with Gasteiger partial charge in [-0.3, -0.25) is 4.90 Å². The number of hydrogen-bond donors (Lipinski definition) is 0. The molecule has 1 aromatic heterocycles. The van der Waals surface area contributed by atoms with Gasteiger partial charge in [-0.15, -0.1) is 0 Å². The van der Waals surface area contributed by atoms with Gasteiger partial charge in [0, 0.05) is 44.7 Å². The third-order valence-electron chi connectivity index (χ3n) is 4.10. The molecule has 0 amide bonds. The van der Waals surface area contributed by atoms with Gasteiger partial charge < -0.3 is 9.26 Å². The van der Waals surface area contributed by atoms with Gasteiger partial charge in [-0.1, -0.05) is 5.16 Å². The molecule has 2 aliphatic rings. The van der Waals surface area contributed by atoms with Gasteiger partial charge in [0.05, 0.1) is 24.7 Å². The first-order valence-corrected chi connectivity index (χ1v) is 8.98. The van der Waals surface area contributed by atoms with Gasteiger partial charge in [0.2, 0.25) is 10.0 Å². The summed E-state index contributed by atoms with van der Waals surface area (Å²) in [5.74, 6) is 1.02. The van der Waals surface area contributed by atoms with Crippen LogP contribution in [0.25, 0.3) is 0 Å². The SMILES string of the molecule is Cc1cc(CN2C[C@@H]3CN(S(C)(=O)=O)CCO[C@@H]3C2)no1. The smallest absolute Gasteiger partial charge is 0.211 e. The average Bonchev–Trinajstić information content (AvgIpc) is 2.89. The Morgan fingerprint density at radius 3 is 2.86 bits per heavy atom. The molecule has 0 aromatic carbocycles. The molecule has 0 aliphatic carbocycles. The Labute approximate surface area is 124 Å². The highest BCUT2D eigenvalue weighted by Gasteiger charge is 2.38. The molecule has 7 nitrogen and oxygen atoms in total. The van der Waals surface area contributed by atoms with Crippen LogP contribution in [0, 0.1) is 12.8 Å². The van der Waals surface area contributed by atoms with E-state index in [1.54, 1.807) is 0 Å². The second kappa shape index (κ2) is 5.68. The highest BCUT2D eigenvalue weighted by Crippen LogP contribution is 2.25. The second-order valence-corrected chi connectivity index (χ2v) is 7.90. The Hall–Kier alpha value is -0.960. The Kier molecular flexibility index (Phi) is 4.04. The fourth-order valence-electron chi connectivity index (χ4n) is 3.10. The van der Waals surface area contributed by atoms with Crippen molar-refractivity contribution in [2.24, 2.45) is 5.92 Å². The molecule has 2 saturated heterocycles. The van der Waals surface area contributed by atoms with E-state index in [1.807, 2.05) is 13.0 Å². The quantitative estimate of drug-likeness (QED) is 0.786. The zero-order valence-corrected chi connectivity index (χ0v) is 13.2. The van der Waals surface area contributed by atoms with E-state index in [4.69, 9.17) is 9.26 Å². The van der Waals surface area contributed by atoms with E-state index < -0.39 is 10.0 Å². The van der Waals surface area contributed by atoms with Crippen molar-refractivity contribution in [2.45, 2.75) is 19.6 Å². The lowest BCUT2D eigenvalue weighted by Gasteiger charge is -2.21. The first-order valence-electron chi connectivity index (χ1n) is 7.13. The van der Waals surface area contributed by atoms with Crippen LogP contribution in [-0.4, -0.2) is 67.9 Å². The van der Waals surface area contributed by atoms with E-state index in [0.717, 1.165) is 24.5 Å². The molecule has 2 aliphatic heterocycles. The lowest BCUT2D eigenvalue weighted by atomic mass is 10.1. The lowest BCUT2D eigenvalue weighted by molar-refractivity contribution is 0.0517. The van der Waals surface area contributed by atoms with Gasteiger partial charge in [-0.05, 0) is 6.92 Å². The summed E-state index contributed by atoms with van der Waals surface area (Å²) < 4.78 is 35.9. The molecule has 0 spiro atoms. The van der Waals surface area contributed by atoms with Gasteiger partial charge in [0.1, 0.15) is 5.76 Å². The minimum absolute atomic E-state index is 0.102. The molecule has 118 valence electrons. The molecule has 1 aromatic rings. The predicted octanol–water partition coefficient (Wildman–Crippen LogP) is 0.0752. The summed E-state index contributed by atoms with van der Waals surface area (Å²) in [7, 11) is -3.15. The Morgan fingerprint density at radius 1 is 1.38 bits per heavy atom. The number of fused-ring (bicyclic) bond motifs is 1. The second-order valence-electron chi connectivity index (χ2n) is 5.91. The van der Waals surface area contributed by atoms with E-state index in [0.29, 0.717) is 26.2 Å². The zero-order valence-electron chi connectivity index (χ0n) is 12.4. The van der Waals surface area contributed by atoms with Gasteiger partial charge in [-0.2, -0.15) is 4.31 Å². The van der Waals surface area contributed by atoms with Crippen molar-refractivity contribution in [3.05, 3.63) is 17.5 Å². The molecule has 2 atom stereocenters. The maximum absolute atomic E-state index is 11.7. The van der Waals surface area contributed by atoms with Crippen molar-refractivity contribution in [1.82, 2.24) is 14.4 Å². The average molecular weight is 315 g/mol. The first-order chi connectivity index (χ1) is 9.91. The third-order valence-corrected chi connectivity index (χ3v) is 5.37. The van der Waals surface area contributed by atoms with E-state index in [-0.39, 0.29) is 12.0 Å². The van der Waals surface area contributed by atoms with Crippen LogP contribution in [0.4, 0.5) is 0 Å². The fraction of sp³-hybridized carbons (Fsp3) is 0.769. The van der Waals surface area contributed by atoms with Crippen LogP contribution in [0.2, 0.25) is 0 Å². The van der Waals surface area contributed by atoms with Gasteiger partial charge in [0.25, 0.3) is 0 Å². The third kappa shape index (κ3) is 3.45. The van der Waals surface area contributed by atoms with E-state index >= 15 is 0 Å². The van der Waals surface area contributed by atoms with Crippen molar-refractivity contribution in [3.8, 4) is 0 Å². The molecule has 0 radical (unpaired) electrons. The van der Waals surface area contributed by atoms with Gasteiger partial charge in [-0.25, -0.2) is 8.42 Å². The van der Waals surface area contributed by atoms with Crippen LogP contribution in [-0.2, 0) is 21.3 Å². The number of ether oxygens (including phenoxy) is 1. The molecule has 3 rings (SSSR count). The summed E-state index contributed by atoms with van der Waals surface area (Å²) >= 11 is 0. The molecule has 0 bridgehead atoms. The predicted molar refractivity (Wildman–Crippen MR) is 76.2 cm³/mol. The molecule has 0 unspecified atom stereocenters. The molecule has 8 heteroatoms. The highest BCUT2D eigenvalue weighted by atomic mass is 32.2. The number of aryl methyl sites for hydroxylation is 1. The summed E-state index contributed by atoms with van der Waals surface area (Å²) in [5, 5.41) is 4.01. The van der Waals surface area contributed by atoms with Crippen molar-refractivity contribution in [1.29, 1.82) is 0 Å². The summed E-state index contributed by atoms with van der Waals surface area (Å²) in [6.07, 6.45) is 1.36. The number of sulfonamides is 1. The van der Waals surface area contributed by atoms with Crippen LogP contribution in [0.15, 0.2) is 10.6 Å². The number of likely N-dealkylation sites (tertiary alicyclic amines) is 1. The maximum atomic E-state index is 11.7. The number of aromatic nitrogens is 1. The zero-order chi connectivity index (χ0) is 15.0. The molecular weight excluding hydrogens is 294 g/mol. The van der Waals surface area contributed by atoms with Crippen molar-refractivity contribution >= 4 is 10.0 Å². The molecule has 0 saturated carbocycles. The number of rotatable bonds is 3. The van der Waals surface area contributed by atoms with Crippen LogP contribution in [0.1, 0.15) is 11.5 Å². The Balaban J connectivity index is 1.64. The minimum atomic E-state index is -3.15.